The van der Waals surface area contributed by atoms with Crippen LogP contribution in [0.2, 0.25) is 0 Å². The number of nitrogens with one attached hydrogen (secondary N) is 1. The van der Waals surface area contributed by atoms with Crippen molar-refractivity contribution >= 4 is 5.82 Å². The Labute approximate surface area is 145 Å². The van der Waals surface area contributed by atoms with Crippen molar-refractivity contribution in [1.29, 1.82) is 0 Å². The van der Waals surface area contributed by atoms with Crippen molar-refractivity contribution in [2.24, 2.45) is 11.8 Å². The van der Waals surface area contributed by atoms with Gasteiger partial charge in [0, 0.05) is 31.4 Å². The lowest BCUT2D eigenvalue weighted by molar-refractivity contribution is 0.0341. The summed E-state index contributed by atoms with van der Waals surface area (Å²) >= 11 is 0. The molecule has 2 heterocycles. The molecular formula is C20H29N3O. The van der Waals surface area contributed by atoms with Crippen molar-refractivity contribution in [3.05, 3.63) is 22.9 Å². The first-order valence-corrected chi connectivity index (χ1v) is 9.93. The highest BCUT2D eigenvalue weighted by Crippen LogP contribution is 2.45. The first-order valence-electron chi connectivity index (χ1n) is 9.93. The smallest absolute Gasteiger partial charge is 0.126 e. The number of hydrogen-bond donors (Lipinski definition) is 1. The second-order valence-corrected chi connectivity index (χ2v) is 8.26. The van der Waals surface area contributed by atoms with E-state index in [-0.39, 0.29) is 0 Å². The van der Waals surface area contributed by atoms with Gasteiger partial charge in [-0.1, -0.05) is 6.42 Å². The average Bonchev–Trinajstić information content (AvgIpc) is 3.32. The second kappa shape index (κ2) is 6.30. The topological polar surface area (TPSA) is 37.4 Å². The second-order valence-electron chi connectivity index (χ2n) is 8.26. The van der Waals surface area contributed by atoms with Crippen LogP contribution < -0.4 is 5.32 Å². The van der Waals surface area contributed by atoms with Gasteiger partial charge in [0.25, 0.3) is 0 Å². The monoisotopic (exact) mass is 327 g/mol. The van der Waals surface area contributed by atoms with E-state index in [1.165, 1.54) is 49.8 Å². The third kappa shape index (κ3) is 2.84. The van der Waals surface area contributed by atoms with Gasteiger partial charge in [0.05, 0.1) is 13.2 Å². The summed E-state index contributed by atoms with van der Waals surface area (Å²) in [5.41, 5.74) is 4.43. The number of anilines is 1. The molecule has 3 aliphatic carbocycles. The number of aromatic nitrogens is 1. The Morgan fingerprint density at radius 1 is 1.17 bits per heavy atom. The molecule has 3 fully saturated rings. The number of rotatable bonds is 4. The van der Waals surface area contributed by atoms with Gasteiger partial charge in [-0.3, -0.25) is 4.90 Å². The first kappa shape index (κ1) is 15.2. The summed E-state index contributed by atoms with van der Waals surface area (Å²) in [6, 6.07) is 3.04. The van der Waals surface area contributed by atoms with E-state index in [1.54, 1.807) is 5.56 Å². The number of pyridine rings is 1. The van der Waals surface area contributed by atoms with Gasteiger partial charge in [-0.15, -0.1) is 0 Å². The predicted molar refractivity (Wildman–Crippen MR) is 95.2 cm³/mol. The lowest BCUT2D eigenvalue weighted by atomic mass is 9.95. The molecule has 130 valence electrons. The molecule has 5 rings (SSSR count). The third-order valence-corrected chi connectivity index (χ3v) is 6.71. The molecule has 4 nitrogen and oxygen atoms in total. The molecular weight excluding hydrogens is 298 g/mol. The molecule has 24 heavy (non-hydrogen) atoms. The number of hydrogen-bond acceptors (Lipinski definition) is 4. The fourth-order valence-electron chi connectivity index (χ4n) is 5.45. The molecule has 0 aromatic carbocycles. The zero-order valence-electron chi connectivity index (χ0n) is 14.6. The van der Waals surface area contributed by atoms with Crippen molar-refractivity contribution in [3.8, 4) is 0 Å². The van der Waals surface area contributed by atoms with Crippen molar-refractivity contribution in [2.75, 3.05) is 31.6 Å². The zero-order valence-corrected chi connectivity index (χ0v) is 14.6. The molecule has 1 N–H and O–H groups in total. The Morgan fingerprint density at radius 3 is 2.88 bits per heavy atom. The quantitative estimate of drug-likeness (QED) is 0.922. The van der Waals surface area contributed by atoms with Crippen LogP contribution in [0.3, 0.4) is 0 Å². The van der Waals surface area contributed by atoms with Crippen molar-refractivity contribution in [3.63, 3.8) is 0 Å². The molecule has 2 saturated carbocycles. The Morgan fingerprint density at radius 2 is 2.08 bits per heavy atom. The highest BCUT2D eigenvalue weighted by Gasteiger charge is 2.39. The molecule has 3 unspecified atom stereocenters. The highest BCUT2D eigenvalue weighted by molar-refractivity contribution is 5.47. The summed E-state index contributed by atoms with van der Waals surface area (Å²) in [7, 11) is 0. The molecule has 4 aliphatic rings. The molecule has 3 atom stereocenters. The predicted octanol–water partition coefficient (Wildman–Crippen LogP) is 3.00. The molecule has 1 aromatic rings. The highest BCUT2D eigenvalue weighted by atomic mass is 16.5. The summed E-state index contributed by atoms with van der Waals surface area (Å²) < 4.78 is 5.50. The first-order chi connectivity index (χ1) is 11.8. The maximum absolute atomic E-state index is 5.50. The molecule has 2 bridgehead atoms. The maximum atomic E-state index is 5.50. The van der Waals surface area contributed by atoms with Gasteiger partial charge in [0.1, 0.15) is 5.82 Å². The van der Waals surface area contributed by atoms with Crippen LogP contribution in [0.15, 0.2) is 6.07 Å². The van der Waals surface area contributed by atoms with Gasteiger partial charge in [0.2, 0.25) is 0 Å². The van der Waals surface area contributed by atoms with Crippen LogP contribution in [0, 0.1) is 11.8 Å². The summed E-state index contributed by atoms with van der Waals surface area (Å²) in [4.78, 5) is 7.54. The van der Waals surface area contributed by atoms with Gasteiger partial charge in [-0.2, -0.15) is 0 Å². The molecule has 0 spiro atoms. The summed E-state index contributed by atoms with van der Waals surface area (Å²) in [6.07, 6.45) is 9.35. The van der Waals surface area contributed by atoms with E-state index in [1.807, 2.05) is 0 Å². The van der Waals surface area contributed by atoms with E-state index < -0.39 is 0 Å². The van der Waals surface area contributed by atoms with Crippen molar-refractivity contribution in [2.45, 2.75) is 57.5 Å². The number of aryl methyl sites for hydroxylation is 1. The van der Waals surface area contributed by atoms with E-state index in [0.29, 0.717) is 6.04 Å². The SMILES string of the molecule is c1c(NC2CC3CCC2C3)nc2c(c1CN1CCOCC1)CCC2. The average molecular weight is 327 g/mol. The van der Waals surface area contributed by atoms with E-state index in [0.717, 1.165) is 56.9 Å². The van der Waals surface area contributed by atoms with E-state index in [4.69, 9.17) is 9.72 Å². The van der Waals surface area contributed by atoms with Crippen LogP contribution in [0.25, 0.3) is 0 Å². The maximum Gasteiger partial charge on any atom is 0.126 e. The molecule has 1 aromatic heterocycles. The lowest BCUT2D eigenvalue weighted by Crippen LogP contribution is -2.36. The largest absolute Gasteiger partial charge is 0.379 e. The van der Waals surface area contributed by atoms with Gasteiger partial charge >= 0.3 is 0 Å². The Kier molecular flexibility index (Phi) is 3.98. The molecule has 0 radical (unpaired) electrons. The molecule has 0 amide bonds. The normalized spacial score (nSPS) is 32.2. The van der Waals surface area contributed by atoms with Crippen LogP contribution in [-0.2, 0) is 24.1 Å². The van der Waals surface area contributed by atoms with Crippen LogP contribution in [-0.4, -0.2) is 42.2 Å². The standard InChI is InChI=1S/C20H29N3O/c1-2-17-16(13-23-6-8-24-9-7-23)12-20(21-18(17)3-1)22-19-11-14-4-5-15(19)10-14/h12,14-15,19H,1-11,13H2,(H,21,22). The van der Waals surface area contributed by atoms with Gasteiger partial charge in [0.15, 0.2) is 0 Å². The Hall–Kier alpha value is -1.13. The fraction of sp³-hybridized carbons (Fsp3) is 0.750. The number of ether oxygens (including phenoxy) is 1. The van der Waals surface area contributed by atoms with Crippen LogP contribution >= 0.6 is 0 Å². The lowest BCUT2D eigenvalue weighted by Gasteiger charge is -2.28. The minimum atomic E-state index is 0.673. The Bertz CT molecular complexity index is 611. The summed E-state index contributed by atoms with van der Waals surface area (Å²) in [5.74, 6) is 3.03. The number of morpholine rings is 1. The van der Waals surface area contributed by atoms with E-state index in [9.17, 15) is 0 Å². The van der Waals surface area contributed by atoms with Crippen LogP contribution in [0.1, 0.15) is 48.9 Å². The van der Waals surface area contributed by atoms with Gasteiger partial charge < -0.3 is 10.1 Å². The van der Waals surface area contributed by atoms with Crippen molar-refractivity contribution < 1.29 is 4.74 Å². The minimum absolute atomic E-state index is 0.673. The van der Waals surface area contributed by atoms with E-state index in [2.05, 4.69) is 16.3 Å². The van der Waals surface area contributed by atoms with E-state index >= 15 is 0 Å². The molecule has 4 heteroatoms. The summed E-state index contributed by atoms with van der Waals surface area (Å²) in [6.45, 7) is 4.95. The van der Waals surface area contributed by atoms with Crippen LogP contribution in [0.5, 0.6) is 0 Å². The number of fused-ring (bicyclic) bond motifs is 3. The minimum Gasteiger partial charge on any atom is -0.379 e. The Balaban J connectivity index is 1.36. The fourth-order valence-corrected chi connectivity index (χ4v) is 5.45. The molecule has 1 aliphatic heterocycles. The van der Waals surface area contributed by atoms with Crippen LogP contribution in [0.4, 0.5) is 5.82 Å². The van der Waals surface area contributed by atoms with Gasteiger partial charge in [-0.05, 0) is 67.6 Å². The summed E-state index contributed by atoms with van der Waals surface area (Å²) in [5, 5.41) is 3.83. The molecule has 1 saturated heterocycles. The van der Waals surface area contributed by atoms with Gasteiger partial charge in [-0.25, -0.2) is 4.98 Å². The van der Waals surface area contributed by atoms with Crippen molar-refractivity contribution in [1.82, 2.24) is 9.88 Å². The zero-order chi connectivity index (χ0) is 15.9. The number of nitrogens with zero attached hydrogens (tertiary/aromatic N) is 2. The third-order valence-electron chi connectivity index (χ3n) is 6.71.